The minimum Gasteiger partial charge on any atom is -0.389 e. The molecule has 0 aromatic heterocycles. The Morgan fingerprint density at radius 2 is 2.17 bits per heavy atom. The van der Waals surface area contributed by atoms with Crippen LogP contribution >= 0.6 is 0 Å². The van der Waals surface area contributed by atoms with E-state index >= 15 is 0 Å². The predicted molar refractivity (Wildman–Crippen MR) is 61.7 cm³/mol. The highest BCUT2D eigenvalue weighted by molar-refractivity contribution is 5.94. The van der Waals surface area contributed by atoms with Gasteiger partial charge in [-0.05, 0) is 26.0 Å². The Labute approximate surface area is 103 Å². The van der Waals surface area contributed by atoms with Gasteiger partial charge < -0.3 is 10.4 Å². The molecule has 0 fully saturated rings. The first-order valence-corrected chi connectivity index (χ1v) is 5.15. The van der Waals surface area contributed by atoms with E-state index < -0.39 is 27.9 Å². The molecule has 0 unspecified atom stereocenters. The van der Waals surface area contributed by atoms with E-state index in [-0.39, 0.29) is 12.1 Å². The number of rotatable bonds is 4. The number of amides is 1. The van der Waals surface area contributed by atoms with Crippen LogP contribution in [0, 0.1) is 15.9 Å². The number of halogens is 1. The third-order valence-electron chi connectivity index (χ3n) is 2.09. The van der Waals surface area contributed by atoms with Gasteiger partial charge in [-0.1, -0.05) is 0 Å². The quantitative estimate of drug-likeness (QED) is 0.626. The summed E-state index contributed by atoms with van der Waals surface area (Å²) in [5.74, 6) is -1.61. The Kier molecular flexibility index (Phi) is 3.97. The lowest BCUT2D eigenvalue weighted by Crippen LogP contribution is -2.38. The molecule has 1 rings (SSSR count). The maximum absolute atomic E-state index is 13.0. The van der Waals surface area contributed by atoms with E-state index in [2.05, 4.69) is 5.32 Å². The molecule has 1 aromatic rings. The molecule has 0 saturated carbocycles. The van der Waals surface area contributed by atoms with Gasteiger partial charge in [0.25, 0.3) is 5.91 Å². The molecular formula is C11H13FN2O4. The molecule has 0 aliphatic carbocycles. The van der Waals surface area contributed by atoms with Crippen LogP contribution in [0.25, 0.3) is 0 Å². The summed E-state index contributed by atoms with van der Waals surface area (Å²) >= 11 is 0. The Morgan fingerprint density at radius 3 is 2.67 bits per heavy atom. The van der Waals surface area contributed by atoms with Gasteiger partial charge in [0.15, 0.2) is 0 Å². The highest BCUT2D eigenvalue weighted by Crippen LogP contribution is 2.18. The minimum atomic E-state index is -1.10. The van der Waals surface area contributed by atoms with Crippen LogP contribution in [0.3, 0.4) is 0 Å². The molecule has 0 atom stereocenters. The zero-order chi connectivity index (χ0) is 13.9. The number of benzene rings is 1. The molecule has 6 nitrogen and oxygen atoms in total. The third-order valence-corrected chi connectivity index (χ3v) is 2.09. The van der Waals surface area contributed by atoms with Gasteiger partial charge in [0.05, 0.1) is 10.5 Å². The first kappa shape index (κ1) is 14.0. The van der Waals surface area contributed by atoms with Gasteiger partial charge in [-0.25, -0.2) is 0 Å². The van der Waals surface area contributed by atoms with Crippen LogP contribution < -0.4 is 5.32 Å². The molecule has 1 amide bonds. The van der Waals surface area contributed by atoms with Gasteiger partial charge >= 0.3 is 5.69 Å². The van der Waals surface area contributed by atoms with Gasteiger partial charge in [0, 0.05) is 18.2 Å². The Hall–Kier alpha value is -2.02. The lowest BCUT2D eigenvalue weighted by molar-refractivity contribution is -0.387. The van der Waals surface area contributed by atoms with Crippen molar-refractivity contribution in [3.8, 4) is 0 Å². The van der Waals surface area contributed by atoms with E-state index in [1.807, 2.05) is 0 Å². The standard InChI is InChI=1S/C11H13FN2O4/c1-11(2,16)6-13-10(15)7-3-4-8(12)9(5-7)14(17)18/h3-5,16H,6H2,1-2H3,(H,13,15). The lowest BCUT2D eigenvalue weighted by Gasteiger charge is -2.17. The smallest absolute Gasteiger partial charge is 0.305 e. The zero-order valence-electron chi connectivity index (χ0n) is 9.94. The number of aliphatic hydroxyl groups is 1. The number of hydrogen-bond donors (Lipinski definition) is 2. The van der Waals surface area contributed by atoms with Crippen LogP contribution in [-0.4, -0.2) is 28.1 Å². The maximum atomic E-state index is 13.0. The molecule has 0 spiro atoms. The molecule has 0 aliphatic rings. The molecule has 0 radical (unpaired) electrons. The molecule has 0 bridgehead atoms. The number of nitro benzene ring substituents is 1. The second-order valence-electron chi connectivity index (χ2n) is 4.42. The van der Waals surface area contributed by atoms with E-state index in [0.29, 0.717) is 0 Å². The van der Waals surface area contributed by atoms with Gasteiger partial charge in [0.2, 0.25) is 5.82 Å². The van der Waals surface area contributed by atoms with Crippen LogP contribution in [0.5, 0.6) is 0 Å². The van der Waals surface area contributed by atoms with Crippen LogP contribution in [-0.2, 0) is 0 Å². The molecule has 7 heteroatoms. The largest absolute Gasteiger partial charge is 0.389 e. The Bertz CT molecular complexity index is 482. The van der Waals surface area contributed by atoms with Crippen LogP contribution in [0.1, 0.15) is 24.2 Å². The molecule has 0 heterocycles. The van der Waals surface area contributed by atoms with Gasteiger partial charge in [-0.2, -0.15) is 4.39 Å². The van der Waals surface area contributed by atoms with Crippen molar-refractivity contribution in [2.75, 3.05) is 6.54 Å². The van der Waals surface area contributed by atoms with Crippen molar-refractivity contribution >= 4 is 11.6 Å². The predicted octanol–water partition coefficient (Wildman–Crippen LogP) is 1.23. The van der Waals surface area contributed by atoms with E-state index in [0.717, 1.165) is 18.2 Å². The highest BCUT2D eigenvalue weighted by Gasteiger charge is 2.19. The van der Waals surface area contributed by atoms with Crippen molar-refractivity contribution in [2.24, 2.45) is 0 Å². The maximum Gasteiger partial charge on any atom is 0.305 e. The van der Waals surface area contributed by atoms with Gasteiger partial charge in [-0.15, -0.1) is 0 Å². The SMILES string of the molecule is CC(C)(O)CNC(=O)c1ccc(F)c([N+](=O)[O-])c1. The third kappa shape index (κ3) is 3.77. The molecule has 18 heavy (non-hydrogen) atoms. The van der Waals surface area contributed by atoms with Crippen molar-refractivity contribution in [2.45, 2.75) is 19.4 Å². The van der Waals surface area contributed by atoms with E-state index in [4.69, 9.17) is 0 Å². The summed E-state index contributed by atoms with van der Waals surface area (Å²) in [6.07, 6.45) is 0. The van der Waals surface area contributed by atoms with Gasteiger partial charge in [-0.3, -0.25) is 14.9 Å². The van der Waals surface area contributed by atoms with E-state index in [9.17, 15) is 24.4 Å². The number of hydrogen-bond acceptors (Lipinski definition) is 4. The summed E-state index contributed by atoms with van der Waals surface area (Å²) in [4.78, 5) is 21.2. The van der Waals surface area contributed by atoms with Crippen molar-refractivity contribution in [3.05, 3.63) is 39.7 Å². The van der Waals surface area contributed by atoms with Crippen LogP contribution in [0.4, 0.5) is 10.1 Å². The summed E-state index contributed by atoms with van der Waals surface area (Å²) < 4.78 is 13.0. The van der Waals surface area contributed by atoms with Crippen LogP contribution in [0.15, 0.2) is 18.2 Å². The monoisotopic (exact) mass is 256 g/mol. The summed E-state index contributed by atoms with van der Waals surface area (Å²) in [6.45, 7) is 2.98. The van der Waals surface area contributed by atoms with Crippen LogP contribution in [0.2, 0.25) is 0 Å². The molecule has 0 aliphatic heterocycles. The number of carbonyl (C=O) groups excluding carboxylic acids is 1. The van der Waals surface area contributed by atoms with Gasteiger partial charge in [0.1, 0.15) is 0 Å². The molecular weight excluding hydrogens is 243 g/mol. The normalized spacial score (nSPS) is 11.1. The summed E-state index contributed by atoms with van der Waals surface area (Å²) in [6, 6.07) is 2.86. The average molecular weight is 256 g/mol. The molecule has 98 valence electrons. The first-order valence-electron chi connectivity index (χ1n) is 5.15. The number of carbonyl (C=O) groups is 1. The number of nitrogens with zero attached hydrogens (tertiary/aromatic N) is 1. The molecule has 1 aromatic carbocycles. The lowest BCUT2D eigenvalue weighted by atomic mass is 10.1. The second kappa shape index (κ2) is 5.09. The first-order chi connectivity index (χ1) is 8.20. The Morgan fingerprint density at radius 1 is 1.56 bits per heavy atom. The fourth-order valence-corrected chi connectivity index (χ4v) is 1.19. The van der Waals surface area contributed by atoms with Crippen molar-refractivity contribution in [1.82, 2.24) is 5.32 Å². The van der Waals surface area contributed by atoms with Crippen molar-refractivity contribution in [3.63, 3.8) is 0 Å². The summed E-state index contributed by atoms with van der Waals surface area (Å²) in [5, 5.41) is 22.3. The molecule has 2 N–H and O–H groups in total. The fraction of sp³-hybridized carbons (Fsp3) is 0.364. The second-order valence-corrected chi connectivity index (χ2v) is 4.42. The summed E-state index contributed by atoms with van der Waals surface area (Å²) in [5.41, 5.74) is -1.89. The number of nitro groups is 1. The topological polar surface area (TPSA) is 92.5 Å². The van der Waals surface area contributed by atoms with E-state index in [1.54, 1.807) is 0 Å². The minimum absolute atomic E-state index is 0.0169. The van der Waals surface area contributed by atoms with Crippen molar-refractivity contribution in [1.29, 1.82) is 0 Å². The fourth-order valence-electron chi connectivity index (χ4n) is 1.19. The molecule has 0 saturated heterocycles. The van der Waals surface area contributed by atoms with Crippen molar-refractivity contribution < 1.29 is 19.2 Å². The van der Waals surface area contributed by atoms with E-state index in [1.165, 1.54) is 13.8 Å². The highest BCUT2D eigenvalue weighted by atomic mass is 19.1. The summed E-state index contributed by atoms with van der Waals surface area (Å²) in [7, 11) is 0. The number of nitrogens with one attached hydrogen (secondary N) is 1. The average Bonchev–Trinajstić information content (AvgIpc) is 2.25. The Balaban J connectivity index is 2.87. The zero-order valence-corrected chi connectivity index (χ0v) is 9.94.